The van der Waals surface area contributed by atoms with Crippen molar-refractivity contribution in [3.05, 3.63) is 47.7 Å². The molecule has 124 valence electrons. The maximum Gasteiger partial charge on any atom is 0.340 e. The van der Waals surface area contributed by atoms with Gasteiger partial charge in [-0.2, -0.15) is 0 Å². The number of carbonyl (C=O) groups is 2. The highest BCUT2D eigenvalue weighted by atomic mass is 16.5. The molecular formula is C17H18N4O3. The van der Waals surface area contributed by atoms with Crippen LogP contribution in [-0.2, 0) is 4.74 Å². The number of anilines is 2. The van der Waals surface area contributed by atoms with Crippen LogP contribution in [0.2, 0.25) is 0 Å². The molecule has 0 saturated heterocycles. The van der Waals surface area contributed by atoms with E-state index in [1.54, 1.807) is 43.3 Å². The number of hydrogen-bond acceptors (Lipinski definition) is 6. The van der Waals surface area contributed by atoms with Crippen LogP contribution in [0.5, 0.6) is 0 Å². The third-order valence-electron chi connectivity index (χ3n) is 3.49. The second-order valence-electron chi connectivity index (χ2n) is 5.44. The van der Waals surface area contributed by atoms with Gasteiger partial charge >= 0.3 is 5.97 Å². The largest absolute Gasteiger partial charge is 0.462 e. The van der Waals surface area contributed by atoms with Crippen LogP contribution in [0.3, 0.4) is 0 Å². The van der Waals surface area contributed by atoms with E-state index in [2.05, 4.69) is 20.8 Å². The number of nitrogens with zero attached hydrogens (tertiary/aromatic N) is 2. The minimum Gasteiger partial charge on any atom is -0.462 e. The summed E-state index contributed by atoms with van der Waals surface area (Å²) >= 11 is 0. The molecule has 1 aromatic heterocycles. The third-order valence-corrected chi connectivity index (χ3v) is 3.49. The highest BCUT2D eigenvalue weighted by Crippen LogP contribution is 2.21. The van der Waals surface area contributed by atoms with Crippen LogP contribution in [0.1, 0.15) is 40.6 Å². The Bertz CT molecular complexity index is 742. The molecule has 3 rings (SSSR count). The summed E-state index contributed by atoms with van der Waals surface area (Å²) in [4.78, 5) is 23.8. The number of benzene rings is 1. The zero-order chi connectivity index (χ0) is 16.9. The minimum atomic E-state index is -0.408. The summed E-state index contributed by atoms with van der Waals surface area (Å²) in [6.45, 7) is 2.06. The van der Waals surface area contributed by atoms with E-state index >= 15 is 0 Å². The average molecular weight is 326 g/mol. The molecule has 2 N–H and O–H groups in total. The van der Waals surface area contributed by atoms with E-state index < -0.39 is 5.97 Å². The van der Waals surface area contributed by atoms with E-state index in [1.807, 2.05) is 0 Å². The first-order valence-electron chi connectivity index (χ1n) is 7.85. The van der Waals surface area contributed by atoms with E-state index in [0.29, 0.717) is 23.7 Å². The fourth-order valence-corrected chi connectivity index (χ4v) is 2.12. The van der Waals surface area contributed by atoms with Gasteiger partial charge in [-0.3, -0.25) is 4.79 Å². The van der Waals surface area contributed by atoms with E-state index in [4.69, 9.17) is 4.74 Å². The molecule has 1 aliphatic rings. The molecule has 2 aromatic rings. The smallest absolute Gasteiger partial charge is 0.340 e. The first kappa shape index (κ1) is 15.9. The second-order valence-corrected chi connectivity index (χ2v) is 5.44. The van der Waals surface area contributed by atoms with Crippen molar-refractivity contribution in [2.24, 2.45) is 0 Å². The highest BCUT2D eigenvalue weighted by Gasteiger charge is 2.24. The number of ether oxygens (including phenoxy) is 1. The Kier molecular flexibility index (Phi) is 4.69. The number of amides is 1. The molecule has 0 bridgehead atoms. The van der Waals surface area contributed by atoms with E-state index in [0.717, 1.165) is 12.8 Å². The summed E-state index contributed by atoms with van der Waals surface area (Å²) in [6.07, 6.45) is 2.03. The first-order valence-corrected chi connectivity index (χ1v) is 7.85. The van der Waals surface area contributed by atoms with Gasteiger partial charge in [0.25, 0.3) is 5.91 Å². The van der Waals surface area contributed by atoms with Crippen LogP contribution in [0.4, 0.5) is 11.5 Å². The molecule has 1 saturated carbocycles. The molecule has 1 aromatic carbocycles. The maximum atomic E-state index is 12.0. The van der Waals surface area contributed by atoms with Crippen LogP contribution in [-0.4, -0.2) is 34.7 Å². The fourth-order valence-electron chi connectivity index (χ4n) is 2.12. The molecular weight excluding hydrogens is 308 g/mol. The molecule has 1 heterocycles. The van der Waals surface area contributed by atoms with Crippen molar-refractivity contribution < 1.29 is 14.3 Å². The van der Waals surface area contributed by atoms with Crippen LogP contribution >= 0.6 is 0 Å². The van der Waals surface area contributed by atoms with Gasteiger partial charge in [0.1, 0.15) is 0 Å². The lowest BCUT2D eigenvalue weighted by Crippen LogP contribution is -2.26. The van der Waals surface area contributed by atoms with E-state index in [-0.39, 0.29) is 17.6 Å². The summed E-state index contributed by atoms with van der Waals surface area (Å²) in [5.41, 5.74) is 1.25. The van der Waals surface area contributed by atoms with Crippen LogP contribution in [0.25, 0.3) is 0 Å². The van der Waals surface area contributed by atoms with Gasteiger partial charge in [0.05, 0.1) is 17.9 Å². The monoisotopic (exact) mass is 326 g/mol. The average Bonchev–Trinajstić information content (AvgIpc) is 3.40. The van der Waals surface area contributed by atoms with Gasteiger partial charge < -0.3 is 15.4 Å². The molecule has 24 heavy (non-hydrogen) atoms. The van der Waals surface area contributed by atoms with Crippen molar-refractivity contribution in [3.8, 4) is 0 Å². The Balaban J connectivity index is 1.72. The van der Waals surface area contributed by atoms with Crippen molar-refractivity contribution in [1.29, 1.82) is 0 Å². The molecule has 0 radical (unpaired) electrons. The number of hydrogen-bond donors (Lipinski definition) is 2. The summed E-state index contributed by atoms with van der Waals surface area (Å²) in [5.74, 6) is -0.188. The van der Waals surface area contributed by atoms with Gasteiger partial charge in [0.15, 0.2) is 11.5 Å². The van der Waals surface area contributed by atoms with Gasteiger partial charge in [0.2, 0.25) is 0 Å². The Morgan fingerprint density at radius 2 is 1.96 bits per heavy atom. The Morgan fingerprint density at radius 3 is 2.62 bits per heavy atom. The molecule has 1 aliphatic carbocycles. The maximum absolute atomic E-state index is 12.0. The Labute approximate surface area is 139 Å². The van der Waals surface area contributed by atoms with Crippen LogP contribution < -0.4 is 10.6 Å². The zero-order valence-corrected chi connectivity index (χ0v) is 13.3. The number of nitrogens with one attached hydrogen (secondary N) is 2. The number of para-hydroxylation sites is 1. The minimum absolute atomic E-state index is 0.219. The van der Waals surface area contributed by atoms with Crippen molar-refractivity contribution in [3.63, 3.8) is 0 Å². The lowest BCUT2D eigenvalue weighted by molar-refractivity contribution is 0.0527. The first-order chi connectivity index (χ1) is 11.7. The zero-order valence-electron chi connectivity index (χ0n) is 13.3. The topological polar surface area (TPSA) is 93.2 Å². The quantitative estimate of drug-likeness (QED) is 0.791. The van der Waals surface area contributed by atoms with Crippen LogP contribution in [0, 0.1) is 0 Å². The molecule has 0 spiro atoms. The van der Waals surface area contributed by atoms with Crippen LogP contribution in [0.15, 0.2) is 36.4 Å². The number of carbonyl (C=O) groups excluding carboxylic acids is 2. The Morgan fingerprint density at radius 1 is 1.17 bits per heavy atom. The van der Waals surface area contributed by atoms with Gasteiger partial charge in [-0.1, -0.05) is 12.1 Å². The van der Waals surface area contributed by atoms with Gasteiger partial charge in [-0.25, -0.2) is 4.79 Å². The van der Waals surface area contributed by atoms with Crippen molar-refractivity contribution in [2.45, 2.75) is 25.8 Å². The fraction of sp³-hybridized carbons (Fsp3) is 0.294. The second kappa shape index (κ2) is 7.08. The summed E-state index contributed by atoms with van der Waals surface area (Å²) in [5, 5.41) is 13.8. The van der Waals surface area contributed by atoms with E-state index in [9.17, 15) is 9.59 Å². The molecule has 1 amide bonds. The Hall–Kier alpha value is -2.96. The van der Waals surface area contributed by atoms with Gasteiger partial charge in [0, 0.05) is 6.04 Å². The summed E-state index contributed by atoms with van der Waals surface area (Å²) < 4.78 is 5.03. The standard InChI is InChI=1S/C17H18N4O3/c1-2-24-17(23)12-5-3-4-6-13(12)19-15-10-9-14(20-21-15)16(22)18-11-7-8-11/h3-6,9-11H,2,7-8H2,1H3,(H,18,22)(H,19,21). The lowest BCUT2D eigenvalue weighted by atomic mass is 10.2. The molecule has 7 heteroatoms. The molecule has 1 fully saturated rings. The van der Waals surface area contributed by atoms with E-state index in [1.165, 1.54) is 0 Å². The lowest BCUT2D eigenvalue weighted by Gasteiger charge is -2.10. The van der Waals surface area contributed by atoms with Crippen molar-refractivity contribution in [2.75, 3.05) is 11.9 Å². The number of rotatable bonds is 6. The highest BCUT2D eigenvalue weighted by molar-refractivity contribution is 5.96. The predicted molar refractivity (Wildman–Crippen MR) is 88.2 cm³/mol. The SMILES string of the molecule is CCOC(=O)c1ccccc1Nc1ccc(C(=O)NC2CC2)nn1. The van der Waals surface area contributed by atoms with Gasteiger partial charge in [-0.05, 0) is 44.0 Å². The van der Waals surface area contributed by atoms with Gasteiger partial charge in [-0.15, -0.1) is 10.2 Å². The van der Waals surface area contributed by atoms with Crippen molar-refractivity contribution in [1.82, 2.24) is 15.5 Å². The predicted octanol–water partition coefficient (Wildman–Crippen LogP) is 2.29. The van der Waals surface area contributed by atoms with Crippen molar-refractivity contribution >= 4 is 23.4 Å². The molecule has 0 atom stereocenters. The number of aromatic nitrogens is 2. The third kappa shape index (κ3) is 3.87. The molecule has 0 aliphatic heterocycles. The summed E-state index contributed by atoms with van der Waals surface area (Å²) in [6, 6.07) is 10.5. The number of esters is 1. The normalized spacial score (nSPS) is 13.2. The summed E-state index contributed by atoms with van der Waals surface area (Å²) in [7, 11) is 0. The molecule has 0 unspecified atom stereocenters. The molecule has 7 nitrogen and oxygen atoms in total.